The minimum absolute atomic E-state index is 0.234. The normalized spacial score (nSPS) is 19.4. The predicted molar refractivity (Wildman–Crippen MR) is 62.6 cm³/mol. The molecule has 0 radical (unpaired) electrons. The van der Waals surface area contributed by atoms with E-state index in [4.69, 9.17) is 0 Å². The fourth-order valence-electron chi connectivity index (χ4n) is 1.41. The highest BCUT2D eigenvalue weighted by molar-refractivity contribution is 7.13. The standard InChI is InChI=1S/C11H11FN2OS/c1-7-2-3-10(16-7)11(15)14-9-4-5-13-6-8(9)12/h2-3,5-6,9H,4H2,1H3,(H,14,15). The number of amides is 1. The molecule has 0 aliphatic carbocycles. The summed E-state index contributed by atoms with van der Waals surface area (Å²) in [6, 6.07) is 3.04. The number of hydrogen-bond acceptors (Lipinski definition) is 3. The van der Waals surface area contributed by atoms with E-state index in [1.54, 1.807) is 12.3 Å². The van der Waals surface area contributed by atoms with Crippen molar-refractivity contribution in [3.63, 3.8) is 0 Å². The number of thiophene rings is 1. The first kappa shape index (κ1) is 11.0. The van der Waals surface area contributed by atoms with Crippen molar-refractivity contribution in [1.29, 1.82) is 0 Å². The number of aryl methyl sites for hydroxylation is 1. The molecule has 1 aliphatic rings. The molecule has 0 spiro atoms. The fraction of sp³-hybridized carbons (Fsp3) is 0.273. The molecule has 16 heavy (non-hydrogen) atoms. The first-order valence-electron chi connectivity index (χ1n) is 4.91. The van der Waals surface area contributed by atoms with Gasteiger partial charge in [-0.3, -0.25) is 9.79 Å². The van der Waals surface area contributed by atoms with Gasteiger partial charge in [-0.15, -0.1) is 11.3 Å². The summed E-state index contributed by atoms with van der Waals surface area (Å²) in [4.78, 5) is 17.1. The topological polar surface area (TPSA) is 41.5 Å². The Balaban J connectivity index is 2.03. The van der Waals surface area contributed by atoms with Crippen LogP contribution in [0.2, 0.25) is 0 Å². The van der Waals surface area contributed by atoms with Crippen LogP contribution < -0.4 is 5.32 Å². The lowest BCUT2D eigenvalue weighted by atomic mass is 10.1. The summed E-state index contributed by atoms with van der Waals surface area (Å²) in [7, 11) is 0. The van der Waals surface area contributed by atoms with Crippen molar-refractivity contribution in [3.05, 3.63) is 33.9 Å². The predicted octanol–water partition coefficient (Wildman–Crippen LogP) is 2.44. The molecule has 1 aromatic heterocycles. The second kappa shape index (κ2) is 4.57. The van der Waals surface area contributed by atoms with E-state index in [-0.39, 0.29) is 5.91 Å². The number of nitrogens with zero attached hydrogens (tertiary/aromatic N) is 1. The Bertz CT molecular complexity index is 464. The fourth-order valence-corrected chi connectivity index (χ4v) is 2.18. The van der Waals surface area contributed by atoms with Crippen molar-refractivity contribution in [2.45, 2.75) is 19.4 Å². The van der Waals surface area contributed by atoms with Gasteiger partial charge in [0.1, 0.15) is 5.83 Å². The number of aliphatic imine (C=N–C) groups is 1. The van der Waals surface area contributed by atoms with Gasteiger partial charge >= 0.3 is 0 Å². The van der Waals surface area contributed by atoms with Crippen molar-refractivity contribution in [3.8, 4) is 0 Å². The van der Waals surface area contributed by atoms with Gasteiger partial charge in [-0.25, -0.2) is 4.39 Å². The van der Waals surface area contributed by atoms with Gasteiger partial charge < -0.3 is 5.32 Å². The maximum Gasteiger partial charge on any atom is 0.261 e. The maximum atomic E-state index is 13.3. The van der Waals surface area contributed by atoms with Crippen LogP contribution in [0.25, 0.3) is 0 Å². The molecule has 1 aliphatic heterocycles. The van der Waals surface area contributed by atoms with E-state index in [0.717, 1.165) is 11.1 Å². The molecule has 84 valence electrons. The number of carbonyl (C=O) groups excluding carboxylic acids is 1. The quantitative estimate of drug-likeness (QED) is 0.844. The molecular weight excluding hydrogens is 227 g/mol. The molecule has 0 fully saturated rings. The number of halogens is 1. The maximum absolute atomic E-state index is 13.3. The third-order valence-corrected chi connectivity index (χ3v) is 3.25. The molecule has 0 bridgehead atoms. The van der Waals surface area contributed by atoms with Crippen molar-refractivity contribution >= 4 is 23.5 Å². The number of carbonyl (C=O) groups is 1. The summed E-state index contributed by atoms with van der Waals surface area (Å²) in [6.07, 6.45) is 3.13. The van der Waals surface area contributed by atoms with E-state index in [0.29, 0.717) is 11.3 Å². The van der Waals surface area contributed by atoms with Crippen LogP contribution in [0, 0.1) is 6.92 Å². The average Bonchev–Trinajstić information content (AvgIpc) is 2.68. The number of hydrogen-bond donors (Lipinski definition) is 1. The summed E-state index contributed by atoms with van der Waals surface area (Å²) in [5.74, 6) is -0.633. The van der Waals surface area contributed by atoms with E-state index < -0.39 is 11.9 Å². The summed E-state index contributed by atoms with van der Waals surface area (Å²) in [5.41, 5.74) is 0. The van der Waals surface area contributed by atoms with Gasteiger partial charge in [-0.2, -0.15) is 0 Å². The van der Waals surface area contributed by atoms with E-state index in [9.17, 15) is 9.18 Å². The molecule has 2 rings (SSSR count). The van der Waals surface area contributed by atoms with Gasteiger partial charge in [0.05, 0.1) is 17.1 Å². The minimum Gasteiger partial charge on any atom is -0.342 e. The third kappa shape index (κ3) is 2.36. The third-order valence-electron chi connectivity index (χ3n) is 2.25. The summed E-state index contributed by atoms with van der Waals surface area (Å²) < 4.78 is 13.3. The van der Waals surface area contributed by atoms with Gasteiger partial charge in [-0.05, 0) is 19.1 Å². The number of nitrogens with one attached hydrogen (secondary N) is 1. The Kier molecular flexibility index (Phi) is 3.14. The van der Waals surface area contributed by atoms with Crippen LogP contribution in [0.3, 0.4) is 0 Å². The lowest BCUT2D eigenvalue weighted by Gasteiger charge is -2.16. The Morgan fingerprint density at radius 3 is 3.06 bits per heavy atom. The molecule has 0 saturated carbocycles. The van der Waals surface area contributed by atoms with Crippen LogP contribution in [0.1, 0.15) is 21.0 Å². The van der Waals surface area contributed by atoms with Crippen molar-refractivity contribution < 1.29 is 9.18 Å². The van der Waals surface area contributed by atoms with Crippen molar-refractivity contribution in [1.82, 2.24) is 5.32 Å². The largest absolute Gasteiger partial charge is 0.342 e. The van der Waals surface area contributed by atoms with E-state index in [1.807, 2.05) is 13.0 Å². The van der Waals surface area contributed by atoms with Crippen LogP contribution in [-0.2, 0) is 0 Å². The Labute approximate surface area is 96.7 Å². The van der Waals surface area contributed by atoms with Crippen LogP contribution in [-0.4, -0.2) is 18.2 Å². The zero-order valence-electron chi connectivity index (χ0n) is 8.74. The van der Waals surface area contributed by atoms with Crippen molar-refractivity contribution in [2.24, 2.45) is 4.99 Å². The molecule has 3 nitrogen and oxygen atoms in total. The van der Waals surface area contributed by atoms with Gasteiger partial charge in [0.15, 0.2) is 0 Å². The van der Waals surface area contributed by atoms with E-state index in [1.165, 1.54) is 11.3 Å². The molecular formula is C11H11FN2OS. The molecule has 0 saturated heterocycles. The first-order chi connectivity index (χ1) is 7.66. The zero-order valence-corrected chi connectivity index (χ0v) is 9.55. The summed E-state index contributed by atoms with van der Waals surface area (Å²) >= 11 is 1.40. The molecule has 5 heteroatoms. The molecule has 2 heterocycles. The Morgan fingerprint density at radius 1 is 1.62 bits per heavy atom. The SMILES string of the molecule is Cc1ccc(C(=O)NC2CC=NC=C2F)s1. The van der Waals surface area contributed by atoms with Gasteiger partial charge in [0.2, 0.25) is 0 Å². The molecule has 1 N–H and O–H groups in total. The number of rotatable bonds is 2. The highest BCUT2D eigenvalue weighted by Crippen LogP contribution is 2.17. The van der Waals surface area contributed by atoms with Crippen LogP contribution in [0.5, 0.6) is 0 Å². The first-order valence-corrected chi connectivity index (χ1v) is 5.73. The molecule has 1 unspecified atom stereocenters. The Hall–Kier alpha value is -1.49. The molecule has 1 atom stereocenters. The molecule has 1 amide bonds. The van der Waals surface area contributed by atoms with E-state index in [2.05, 4.69) is 10.3 Å². The van der Waals surface area contributed by atoms with Crippen LogP contribution >= 0.6 is 11.3 Å². The second-order valence-corrected chi connectivity index (χ2v) is 4.81. The lowest BCUT2D eigenvalue weighted by molar-refractivity contribution is 0.0943. The van der Waals surface area contributed by atoms with Crippen LogP contribution in [0.4, 0.5) is 4.39 Å². The van der Waals surface area contributed by atoms with Gasteiger partial charge in [-0.1, -0.05) is 0 Å². The summed E-state index contributed by atoms with van der Waals surface area (Å²) in [5, 5.41) is 2.64. The Morgan fingerprint density at radius 2 is 2.44 bits per heavy atom. The zero-order chi connectivity index (χ0) is 11.5. The smallest absolute Gasteiger partial charge is 0.261 e. The minimum atomic E-state index is -0.576. The highest BCUT2D eigenvalue weighted by atomic mass is 32.1. The summed E-state index contributed by atoms with van der Waals surface area (Å²) in [6.45, 7) is 1.93. The van der Waals surface area contributed by atoms with Crippen molar-refractivity contribution in [2.75, 3.05) is 0 Å². The highest BCUT2D eigenvalue weighted by Gasteiger charge is 2.19. The van der Waals surface area contributed by atoms with Gasteiger partial charge in [0.25, 0.3) is 5.91 Å². The van der Waals surface area contributed by atoms with Gasteiger partial charge in [0, 0.05) is 17.5 Å². The average molecular weight is 238 g/mol. The lowest BCUT2D eigenvalue weighted by Crippen LogP contribution is -2.36. The monoisotopic (exact) mass is 238 g/mol. The molecule has 0 aromatic carbocycles. The van der Waals surface area contributed by atoms with Crippen LogP contribution in [0.15, 0.2) is 29.2 Å². The van der Waals surface area contributed by atoms with E-state index >= 15 is 0 Å². The second-order valence-electron chi connectivity index (χ2n) is 3.52. The molecule has 1 aromatic rings.